The highest BCUT2D eigenvalue weighted by molar-refractivity contribution is 6.76. The van der Waals surface area contributed by atoms with Crippen molar-refractivity contribution in [3.8, 4) is 0 Å². The second kappa shape index (κ2) is 29.2. The van der Waals surface area contributed by atoms with Crippen molar-refractivity contribution in [1.82, 2.24) is 14.7 Å². The fourth-order valence-electron chi connectivity index (χ4n) is 7.36. The summed E-state index contributed by atoms with van der Waals surface area (Å²) < 4.78 is 20.1. The average molecular weight is 846 g/mol. The third kappa shape index (κ3) is 21.4. The minimum absolute atomic E-state index is 0.0358. The molecule has 2 fully saturated rings. The number of esters is 3. The van der Waals surface area contributed by atoms with Gasteiger partial charge in [0.05, 0.1) is 46.5 Å². The van der Waals surface area contributed by atoms with Crippen molar-refractivity contribution in [2.75, 3.05) is 66.0 Å². The summed E-state index contributed by atoms with van der Waals surface area (Å²) in [5, 5.41) is 0. The maximum atomic E-state index is 11.8. The standard InChI is InChI=1S/2C15H21NO2.C13H23NOSi.C6H10O2/c2*1-3-18-15(17)14-11-16(9-12(14)2)10-13-7-5-4-6-8-13;1-15-11-14(12-16(2,3)4)10-13-8-6-5-7-9-13;1-3-5-6(7)8-4-2/h2*4-8,12,14H,3,9-11H2,1-2H3;5-9H,10-12H2,1-4H3;3,5H,4H2,1-2H3/b;;;5-3-/t2*12-,14+;;/m10../s1. The average Bonchev–Trinajstić information content (AvgIpc) is 3.77. The van der Waals surface area contributed by atoms with E-state index >= 15 is 0 Å². The Morgan fingerprint density at radius 2 is 1.05 bits per heavy atom. The van der Waals surface area contributed by atoms with E-state index in [1.807, 2.05) is 26.0 Å². The van der Waals surface area contributed by atoms with Gasteiger partial charge in [-0.2, -0.15) is 0 Å². The molecule has 0 spiro atoms. The minimum atomic E-state index is -1.07. The van der Waals surface area contributed by atoms with E-state index in [2.05, 4.69) is 132 Å². The predicted molar refractivity (Wildman–Crippen MR) is 246 cm³/mol. The molecule has 0 aromatic heterocycles. The van der Waals surface area contributed by atoms with Crippen molar-refractivity contribution >= 4 is 26.0 Å². The van der Waals surface area contributed by atoms with E-state index in [0.29, 0.717) is 31.7 Å². The molecule has 0 N–H and O–H groups in total. The first-order chi connectivity index (χ1) is 28.7. The van der Waals surface area contributed by atoms with Gasteiger partial charge in [-0.05, 0) is 62.4 Å². The van der Waals surface area contributed by atoms with Crippen molar-refractivity contribution in [2.45, 2.75) is 80.8 Å². The van der Waals surface area contributed by atoms with Gasteiger partial charge < -0.3 is 18.9 Å². The summed E-state index contributed by atoms with van der Waals surface area (Å²) in [7, 11) is 0.701. The summed E-state index contributed by atoms with van der Waals surface area (Å²) in [5.74, 6) is 0.485. The van der Waals surface area contributed by atoms with Crippen LogP contribution in [0.1, 0.15) is 58.2 Å². The van der Waals surface area contributed by atoms with Gasteiger partial charge in [0.25, 0.3) is 0 Å². The number of benzene rings is 3. The zero-order chi connectivity index (χ0) is 44.3. The Balaban J connectivity index is 0.000000285. The first-order valence-electron chi connectivity index (χ1n) is 21.6. The Hall–Kier alpha value is -4.13. The van der Waals surface area contributed by atoms with Gasteiger partial charge in [0.1, 0.15) is 0 Å². The second-order valence-corrected chi connectivity index (χ2v) is 22.2. The predicted octanol–water partition coefficient (Wildman–Crippen LogP) is 8.73. The van der Waals surface area contributed by atoms with Gasteiger partial charge in [-0.15, -0.1) is 0 Å². The molecule has 10 nitrogen and oxygen atoms in total. The maximum Gasteiger partial charge on any atom is 0.330 e. The lowest BCUT2D eigenvalue weighted by Crippen LogP contribution is -2.40. The molecule has 5 rings (SSSR count). The minimum Gasteiger partial charge on any atom is -0.466 e. The van der Waals surface area contributed by atoms with Gasteiger partial charge in [0, 0.05) is 59.0 Å². The molecule has 60 heavy (non-hydrogen) atoms. The largest absolute Gasteiger partial charge is 0.466 e. The summed E-state index contributed by atoms with van der Waals surface area (Å²) in [6.45, 7) is 27.2. The molecule has 0 saturated carbocycles. The molecular weight excluding hydrogens is 771 g/mol. The number of rotatable bonds is 16. The van der Waals surface area contributed by atoms with Crippen LogP contribution in [0.3, 0.4) is 0 Å². The van der Waals surface area contributed by atoms with Crippen LogP contribution in [-0.4, -0.2) is 107 Å². The fourth-order valence-corrected chi connectivity index (χ4v) is 8.90. The Labute approximate surface area is 363 Å². The zero-order valence-electron chi connectivity index (χ0n) is 38.3. The number of hydrogen-bond acceptors (Lipinski definition) is 10. The van der Waals surface area contributed by atoms with Crippen LogP contribution in [-0.2, 0) is 53.0 Å². The van der Waals surface area contributed by atoms with E-state index in [4.69, 9.17) is 14.2 Å². The molecule has 3 aromatic carbocycles. The van der Waals surface area contributed by atoms with Crippen molar-refractivity contribution in [3.05, 3.63) is 120 Å². The van der Waals surface area contributed by atoms with Crippen LogP contribution >= 0.6 is 0 Å². The number of nitrogens with zero attached hydrogens (tertiary/aromatic N) is 3. The summed E-state index contributed by atoms with van der Waals surface area (Å²) in [4.78, 5) is 41.0. The molecule has 2 aliphatic heterocycles. The highest BCUT2D eigenvalue weighted by atomic mass is 28.3. The summed E-state index contributed by atoms with van der Waals surface area (Å²) in [6.07, 6.45) is 4.22. The van der Waals surface area contributed by atoms with Gasteiger partial charge in [-0.1, -0.05) is 131 Å². The van der Waals surface area contributed by atoms with Crippen LogP contribution < -0.4 is 0 Å². The fraction of sp³-hybridized carbons (Fsp3) is 0.531. The number of ether oxygens (including phenoxy) is 4. The van der Waals surface area contributed by atoms with E-state index in [0.717, 1.165) is 52.5 Å². The lowest BCUT2D eigenvalue weighted by atomic mass is 9.99. The van der Waals surface area contributed by atoms with Crippen LogP contribution in [0.2, 0.25) is 19.6 Å². The number of carbonyl (C=O) groups is 3. The van der Waals surface area contributed by atoms with E-state index in [9.17, 15) is 14.4 Å². The van der Waals surface area contributed by atoms with E-state index in [-0.39, 0.29) is 29.7 Å². The first kappa shape index (κ1) is 52.0. The third-order valence-corrected chi connectivity index (χ3v) is 11.3. The van der Waals surface area contributed by atoms with Crippen LogP contribution in [0.15, 0.2) is 103 Å². The van der Waals surface area contributed by atoms with Crippen molar-refractivity contribution in [1.29, 1.82) is 0 Å². The monoisotopic (exact) mass is 846 g/mol. The van der Waals surface area contributed by atoms with E-state index in [1.54, 1.807) is 27.0 Å². The van der Waals surface area contributed by atoms with Gasteiger partial charge in [-0.3, -0.25) is 24.3 Å². The smallest absolute Gasteiger partial charge is 0.330 e. The Kier molecular flexibility index (Phi) is 25.3. The van der Waals surface area contributed by atoms with Gasteiger partial charge in [-0.25, -0.2) is 4.79 Å². The summed E-state index contributed by atoms with van der Waals surface area (Å²) in [5.41, 5.74) is 3.96. The number of likely N-dealkylation sites (tertiary alicyclic amines) is 2. The first-order valence-corrected chi connectivity index (χ1v) is 25.3. The van der Waals surface area contributed by atoms with E-state index in [1.165, 1.54) is 28.9 Å². The second-order valence-electron chi connectivity index (χ2n) is 16.7. The molecule has 0 bridgehead atoms. The number of hydrogen-bond donors (Lipinski definition) is 0. The summed E-state index contributed by atoms with van der Waals surface area (Å²) in [6, 6.07) is 31.4. The molecule has 0 unspecified atom stereocenters. The molecule has 0 radical (unpaired) electrons. The normalized spacial score (nSPS) is 19.0. The highest BCUT2D eigenvalue weighted by Crippen LogP contribution is 2.27. The lowest BCUT2D eigenvalue weighted by molar-refractivity contribution is -0.149. The van der Waals surface area contributed by atoms with Crippen molar-refractivity contribution in [3.63, 3.8) is 0 Å². The quantitative estimate of drug-likeness (QED) is 0.0458. The maximum absolute atomic E-state index is 11.8. The van der Waals surface area contributed by atoms with Crippen LogP contribution in [0, 0.1) is 23.7 Å². The third-order valence-electron chi connectivity index (χ3n) is 9.90. The molecule has 332 valence electrons. The SMILES string of the molecule is C/C=C\C(=O)OCC.CCOC(=O)[C@@H]1CN(Cc2ccccc2)C[C@@H]1C.CCOC(=O)[C@H]1CN(Cc2ccccc2)C[C@H]1C.COCN(Cc1ccccc1)C[Si](C)(C)C. The Morgan fingerprint density at radius 3 is 1.40 bits per heavy atom. The van der Waals surface area contributed by atoms with Gasteiger partial charge in [0.2, 0.25) is 0 Å². The Morgan fingerprint density at radius 1 is 0.650 bits per heavy atom. The molecule has 0 amide bonds. The molecule has 11 heteroatoms. The highest BCUT2D eigenvalue weighted by Gasteiger charge is 2.36. The molecule has 4 atom stereocenters. The van der Waals surface area contributed by atoms with Crippen LogP contribution in [0.25, 0.3) is 0 Å². The molecule has 2 heterocycles. The van der Waals surface area contributed by atoms with Crippen molar-refractivity contribution < 1.29 is 33.3 Å². The summed E-state index contributed by atoms with van der Waals surface area (Å²) >= 11 is 0. The molecule has 3 aromatic rings. The molecular formula is C49H75N3O7Si. The lowest BCUT2D eigenvalue weighted by Gasteiger charge is -2.28. The van der Waals surface area contributed by atoms with Crippen LogP contribution in [0.5, 0.6) is 0 Å². The van der Waals surface area contributed by atoms with Crippen molar-refractivity contribution in [2.24, 2.45) is 23.7 Å². The van der Waals surface area contributed by atoms with Gasteiger partial charge in [0.15, 0.2) is 0 Å². The number of carbonyl (C=O) groups excluding carboxylic acids is 3. The van der Waals surface area contributed by atoms with E-state index < -0.39 is 8.07 Å². The molecule has 2 saturated heterocycles. The number of allylic oxidation sites excluding steroid dienone is 1. The topological polar surface area (TPSA) is 97.9 Å². The van der Waals surface area contributed by atoms with Crippen LogP contribution in [0.4, 0.5) is 0 Å². The van der Waals surface area contributed by atoms with Gasteiger partial charge >= 0.3 is 17.9 Å². The molecule has 0 aliphatic carbocycles. The Bertz CT molecular complexity index is 1560. The zero-order valence-corrected chi connectivity index (χ0v) is 39.3. The number of methoxy groups -OCH3 is 1. The molecule has 2 aliphatic rings.